The van der Waals surface area contributed by atoms with Crippen molar-refractivity contribution in [3.63, 3.8) is 0 Å². The molecule has 0 radical (unpaired) electrons. The number of fused-ring (bicyclic) bond motifs is 1. The lowest BCUT2D eigenvalue weighted by Gasteiger charge is -2.13. The number of halogens is 3. The summed E-state index contributed by atoms with van der Waals surface area (Å²) < 4.78 is 33.8. The van der Waals surface area contributed by atoms with Gasteiger partial charge in [0.2, 0.25) is 0 Å². The monoisotopic (exact) mass is 519 g/mol. The predicted octanol–water partition coefficient (Wildman–Crippen LogP) is 5.48. The van der Waals surface area contributed by atoms with E-state index in [1.807, 2.05) is 6.20 Å². The molecule has 0 bridgehead atoms. The van der Waals surface area contributed by atoms with Gasteiger partial charge in [-0.2, -0.15) is 0 Å². The Morgan fingerprint density at radius 3 is 2.70 bits per heavy atom. The van der Waals surface area contributed by atoms with Gasteiger partial charge in [0.1, 0.15) is 28.8 Å². The molecule has 30 heavy (non-hydrogen) atoms. The zero-order valence-corrected chi connectivity index (χ0v) is 18.0. The molecule has 1 amide bonds. The van der Waals surface area contributed by atoms with E-state index < -0.39 is 11.6 Å². The highest BCUT2D eigenvalue weighted by atomic mass is 127. The number of ether oxygens (including phenoxy) is 1. The summed E-state index contributed by atoms with van der Waals surface area (Å²) in [6.07, 6.45) is 3.49. The summed E-state index contributed by atoms with van der Waals surface area (Å²) in [6, 6.07) is 10.1. The van der Waals surface area contributed by atoms with Crippen LogP contribution in [0.5, 0.6) is 11.5 Å². The Labute approximate surface area is 184 Å². The maximum absolute atomic E-state index is 13.3. The standard InChI is InChI=1S/C22H16F2IN3O2/c1-12-16(22(29)28-10-13-7-14(23)9-15(24)8-13)3-2-4-18(12)30-19-5-6-26-21-20(19)17(25)11-27-21/h2-9,11H,10H2,1H3,(H,26,27)(H,28,29). The van der Waals surface area contributed by atoms with Gasteiger partial charge in [-0.1, -0.05) is 6.07 Å². The third-order valence-electron chi connectivity index (χ3n) is 4.61. The molecule has 0 atom stereocenters. The van der Waals surface area contributed by atoms with E-state index in [2.05, 4.69) is 37.9 Å². The highest BCUT2D eigenvalue weighted by Gasteiger charge is 2.15. The van der Waals surface area contributed by atoms with E-state index in [1.54, 1.807) is 37.4 Å². The average Bonchev–Trinajstić information content (AvgIpc) is 3.09. The van der Waals surface area contributed by atoms with Crippen LogP contribution in [0.2, 0.25) is 0 Å². The number of amides is 1. The fourth-order valence-corrected chi connectivity index (χ4v) is 3.83. The Balaban J connectivity index is 1.56. The summed E-state index contributed by atoms with van der Waals surface area (Å²) in [5.74, 6) is -0.577. The second-order valence-electron chi connectivity index (χ2n) is 6.66. The van der Waals surface area contributed by atoms with E-state index in [9.17, 15) is 13.6 Å². The number of nitrogens with one attached hydrogen (secondary N) is 2. The second kappa shape index (κ2) is 8.39. The SMILES string of the molecule is Cc1c(Oc2ccnc3[nH]cc(I)c23)cccc1C(=O)NCc1cc(F)cc(F)c1. The molecule has 0 saturated heterocycles. The topological polar surface area (TPSA) is 67.0 Å². The molecule has 0 aliphatic carbocycles. The van der Waals surface area contributed by atoms with Gasteiger partial charge in [-0.15, -0.1) is 0 Å². The Hall–Kier alpha value is -3.01. The Kier molecular flexibility index (Phi) is 5.67. The van der Waals surface area contributed by atoms with E-state index in [-0.39, 0.29) is 12.5 Å². The largest absolute Gasteiger partial charge is 0.456 e. The lowest BCUT2D eigenvalue weighted by Crippen LogP contribution is -2.23. The zero-order valence-electron chi connectivity index (χ0n) is 15.8. The minimum atomic E-state index is -0.686. The van der Waals surface area contributed by atoms with Crippen LogP contribution in [0, 0.1) is 22.1 Å². The molecule has 0 saturated carbocycles. The molecule has 2 aromatic heterocycles. The van der Waals surface area contributed by atoms with Crippen molar-refractivity contribution in [2.75, 3.05) is 0 Å². The predicted molar refractivity (Wildman–Crippen MR) is 118 cm³/mol. The molecule has 2 heterocycles. The van der Waals surface area contributed by atoms with Crippen LogP contribution in [0.3, 0.4) is 0 Å². The number of rotatable bonds is 5. The number of carbonyl (C=O) groups excluding carboxylic acids is 1. The highest BCUT2D eigenvalue weighted by Crippen LogP contribution is 2.34. The number of hydrogen-bond donors (Lipinski definition) is 2. The number of aromatic amines is 1. The highest BCUT2D eigenvalue weighted by molar-refractivity contribution is 14.1. The molecular formula is C22H16F2IN3O2. The molecule has 4 aromatic rings. The molecule has 2 N–H and O–H groups in total. The van der Waals surface area contributed by atoms with Crippen molar-refractivity contribution in [1.82, 2.24) is 15.3 Å². The number of nitrogens with zero attached hydrogens (tertiary/aromatic N) is 1. The van der Waals surface area contributed by atoms with Crippen molar-refractivity contribution < 1.29 is 18.3 Å². The van der Waals surface area contributed by atoms with Crippen molar-refractivity contribution in [3.05, 3.63) is 86.8 Å². The van der Waals surface area contributed by atoms with Crippen LogP contribution < -0.4 is 10.1 Å². The molecule has 0 aliphatic heterocycles. The zero-order chi connectivity index (χ0) is 21.3. The smallest absolute Gasteiger partial charge is 0.251 e. The van der Waals surface area contributed by atoms with Crippen LogP contribution in [0.15, 0.2) is 54.9 Å². The van der Waals surface area contributed by atoms with Crippen LogP contribution in [0.1, 0.15) is 21.5 Å². The molecule has 0 spiro atoms. The fraction of sp³-hybridized carbons (Fsp3) is 0.0909. The molecule has 152 valence electrons. The van der Waals surface area contributed by atoms with Crippen molar-refractivity contribution in [2.24, 2.45) is 0 Å². The van der Waals surface area contributed by atoms with E-state index >= 15 is 0 Å². The van der Waals surface area contributed by atoms with Crippen LogP contribution in [0.4, 0.5) is 8.78 Å². The third-order valence-corrected chi connectivity index (χ3v) is 5.46. The normalized spacial score (nSPS) is 10.9. The van der Waals surface area contributed by atoms with Crippen LogP contribution in [0.25, 0.3) is 11.0 Å². The lowest BCUT2D eigenvalue weighted by molar-refractivity contribution is 0.0950. The minimum absolute atomic E-state index is 0.00452. The molecule has 8 heteroatoms. The Morgan fingerprint density at radius 2 is 1.93 bits per heavy atom. The van der Waals surface area contributed by atoms with Crippen LogP contribution in [-0.2, 0) is 6.54 Å². The molecule has 0 unspecified atom stereocenters. The summed E-state index contributed by atoms with van der Waals surface area (Å²) in [7, 11) is 0. The number of carbonyl (C=O) groups is 1. The van der Waals surface area contributed by atoms with Crippen molar-refractivity contribution in [1.29, 1.82) is 0 Å². The van der Waals surface area contributed by atoms with Gasteiger partial charge in [-0.25, -0.2) is 13.8 Å². The van der Waals surface area contributed by atoms with E-state index in [1.165, 1.54) is 12.1 Å². The Morgan fingerprint density at radius 1 is 1.17 bits per heavy atom. The second-order valence-corrected chi connectivity index (χ2v) is 7.82. The number of H-pyrrole nitrogens is 1. The van der Waals surface area contributed by atoms with Gasteiger partial charge in [0.25, 0.3) is 5.91 Å². The van der Waals surface area contributed by atoms with E-state index in [4.69, 9.17) is 4.74 Å². The molecular weight excluding hydrogens is 503 g/mol. The van der Waals surface area contributed by atoms with Gasteiger partial charge in [0, 0.05) is 39.7 Å². The first-order chi connectivity index (χ1) is 14.4. The van der Waals surface area contributed by atoms with Gasteiger partial charge >= 0.3 is 0 Å². The van der Waals surface area contributed by atoms with Crippen LogP contribution in [-0.4, -0.2) is 15.9 Å². The first kappa shape index (κ1) is 20.3. The summed E-state index contributed by atoms with van der Waals surface area (Å²) in [5.41, 5.74) is 2.12. The minimum Gasteiger partial charge on any atom is -0.456 e. The van der Waals surface area contributed by atoms with E-state index in [0.717, 1.165) is 15.0 Å². The number of hydrogen-bond acceptors (Lipinski definition) is 3. The molecule has 0 fully saturated rings. The van der Waals surface area contributed by atoms with Gasteiger partial charge in [-0.05, 0) is 65.4 Å². The lowest BCUT2D eigenvalue weighted by atomic mass is 10.1. The van der Waals surface area contributed by atoms with Gasteiger partial charge in [-0.3, -0.25) is 4.79 Å². The molecule has 5 nitrogen and oxygen atoms in total. The first-order valence-electron chi connectivity index (χ1n) is 9.04. The number of pyridine rings is 1. The van der Waals surface area contributed by atoms with Gasteiger partial charge < -0.3 is 15.0 Å². The number of aromatic nitrogens is 2. The van der Waals surface area contributed by atoms with E-state index in [0.29, 0.717) is 33.8 Å². The quantitative estimate of drug-likeness (QED) is 0.344. The summed E-state index contributed by atoms with van der Waals surface area (Å²) in [6.45, 7) is 1.79. The summed E-state index contributed by atoms with van der Waals surface area (Å²) >= 11 is 2.20. The maximum atomic E-state index is 13.3. The molecule has 4 rings (SSSR count). The summed E-state index contributed by atoms with van der Waals surface area (Å²) in [5, 5.41) is 3.55. The third kappa shape index (κ3) is 4.13. The molecule has 0 aliphatic rings. The fourth-order valence-electron chi connectivity index (χ4n) is 3.15. The summed E-state index contributed by atoms with van der Waals surface area (Å²) in [4.78, 5) is 20.0. The number of benzene rings is 2. The van der Waals surface area contributed by atoms with Crippen molar-refractivity contribution >= 4 is 39.5 Å². The average molecular weight is 519 g/mol. The molecule has 2 aromatic carbocycles. The first-order valence-corrected chi connectivity index (χ1v) is 10.1. The van der Waals surface area contributed by atoms with Gasteiger partial charge in [0.05, 0.1) is 5.39 Å². The van der Waals surface area contributed by atoms with Crippen LogP contribution >= 0.6 is 22.6 Å². The Bertz CT molecular complexity index is 1240. The van der Waals surface area contributed by atoms with Crippen molar-refractivity contribution in [2.45, 2.75) is 13.5 Å². The van der Waals surface area contributed by atoms with Gasteiger partial charge in [0.15, 0.2) is 0 Å². The van der Waals surface area contributed by atoms with Crippen molar-refractivity contribution in [3.8, 4) is 11.5 Å². The maximum Gasteiger partial charge on any atom is 0.251 e.